The molecule has 0 spiro atoms. The van der Waals surface area contributed by atoms with Crippen LogP contribution in [-0.2, 0) is 33.4 Å². The summed E-state index contributed by atoms with van der Waals surface area (Å²) in [5, 5.41) is 19.2. The first-order valence-electron chi connectivity index (χ1n) is 12.3. The number of aliphatic hydroxyl groups excluding tert-OH is 1. The number of likely N-dealkylation sites (N-methyl/N-ethyl adjacent to an activating group) is 1. The molecular formula is C30H30ClCoN3O4. The van der Waals surface area contributed by atoms with Crippen LogP contribution in [0.3, 0.4) is 0 Å². The Hall–Kier alpha value is -3.59. The van der Waals surface area contributed by atoms with E-state index in [4.69, 9.17) is 21.1 Å². The third-order valence-electron chi connectivity index (χ3n) is 6.59. The quantitative estimate of drug-likeness (QED) is 0.107. The molecule has 3 aromatic rings. The van der Waals surface area contributed by atoms with E-state index in [1.165, 1.54) is 6.92 Å². The number of carbonyl (C=O) groups excluding carboxylic acids is 1. The minimum Gasteiger partial charge on any atom is -0.497 e. The number of hydrogen-bond acceptors (Lipinski definition) is 6. The summed E-state index contributed by atoms with van der Waals surface area (Å²) in [6.45, 7) is 6.37. The van der Waals surface area contributed by atoms with Gasteiger partial charge in [-0.25, -0.2) is 0 Å². The van der Waals surface area contributed by atoms with E-state index in [0.29, 0.717) is 17.7 Å². The average Bonchev–Trinajstić information content (AvgIpc) is 3.14. The van der Waals surface area contributed by atoms with Crippen LogP contribution in [0.5, 0.6) is 11.5 Å². The first-order chi connectivity index (χ1) is 18.3. The number of methoxy groups -OCH3 is 1. The fourth-order valence-electron chi connectivity index (χ4n) is 4.80. The summed E-state index contributed by atoms with van der Waals surface area (Å²) >= 11 is 6.57. The summed E-state index contributed by atoms with van der Waals surface area (Å²) in [5.74, 6) is 0.509. The van der Waals surface area contributed by atoms with Gasteiger partial charge in [0.25, 0.3) is 0 Å². The maximum absolute atomic E-state index is 11.1. The zero-order valence-corrected chi connectivity index (χ0v) is 23.9. The number of benzene rings is 3. The second-order valence-corrected chi connectivity index (χ2v) is 9.49. The summed E-state index contributed by atoms with van der Waals surface area (Å²) in [4.78, 5) is 13.3. The molecule has 4 rings (SSSR count). The van der Waals surface area contributed by atoms with E-state index < -0.39 is 11.4 Å². The summed E-state index contributed by atoms with van der Waals surface area (Å²) < 4.78 is 10.6. The topological polar surface area (TPSA) is 83.7 Å². The summed E-state index contributed by atoms with van der Waals surface area (Å²) in [6.07, 6.45) is 4.18. The Bertz CT molecular complexity index is 1420. The Morgan fingerprint density at radius 3 is 2.44 bits per heavy atom. The number of nitrogens with zero attached hydrogens (tertiary/aromatic N) is 3. The van der Waals surface area contributed by atoms with Gasteiger partial charge in [0.2, 0.25) is 5.90 Å². The van der Waals surface area contributed by atoms with E-state index >= 15 is 0 Å². The third-order valence-corrected chi connectivity index (χ3v) is 6.96. The van der Waals surface area contributed by atoms with Gasteiger partial charge in [-0.2, -0.15) is 5.10 Å². The molecule has 3 aromatic carbocycles. The van der Waals surface area contributed by atoms with Crippen molar-refractivity contribution in [3.8, 4) is 11.5 Å². The summed E-state index contributed by atoms with van der Waals surface area (Å²) in [7, 11) is 1.66. The van der Waals surface area contributed by atoms with Crippen molar-refractivity contribution in [2.75, 3.05) is 18.6 Å². The predicted octanol–water partition coefficient (Wildman–Crippen LogP) is 6.49. The number of aliphatic hydroxyl groups is 1. The van der Waals surface area contributed by atoms with E-state index in [9.17, 15) is 9.90 Å². The van der Waals surface area contributed by atoms with Crippen molar-refractivity contribution in [2.45, 2.75) is 32.6 Å². The van der Waals surface area contributed by atoms with Crippen molar-refractivity contribution in [3.05, 3.63) is 100 Å². The maximum atomic E-state index is 11.1. The van der Waals surface area contributed by atoms with Crippen LogP contribution in [-0.4, -0.2) is 36.8 Å². The molecule has 9 heteroatoms. The molecule has 205 valence electrons. The molecule has 0 amide bonds. The van der Waals surface area contributed by atoms with Gasteiger partial charge in [0, 0.05) is 57.6 Å². The largest absolute Gasteiger partial charge is 0.497 e. The Morgan fingerprint density at radius 1 is 1.10 bits per heavy atom. The first-order valence-corrected chi connectivity index (χ1v) is 12.6. The molecular weight excluding hydrogens is 561 g/mol. The molecule has 1 heterocycles. The van der Waals surface area contributed by atoms with E-state index in [0.717, 1.165) is 39.8 Å². The minimum absolute atomic E-state index is 0. The van der Waals surface area contributed by atoms with Crippen LogP contribution in [0.1, 0.15) is 37.5 Å². The molecule has 0 aromatic heterocycles. The van der Waals surface area contributed by atoms with Gasteiger partial charge in [0.05, 0.1) is 13.3 Å². The number of esters is 1. The number of carbonyl (C=O) groups is 1. The molecule has 0 saturated heterocycles. The Labute approximate surface area is 244 Å². The van der Waals surface area contributed by atoms with Crippen LogP contribution < -0.4 is 14.4 Å². The van der Waals surface area contributed by atoms with Crippen LogP contribution in [0.2, 0.25) is 5.02 Å². The van der Waals surface area contributed by atoms with Crippen molar-refractivity contribution in [1.29, 1.82) is 0 Å². The van der Waals surface area contributed by atoms with Gasteiger partial charge in [0.15, 0.2) is 0 Å². The van der Waals surface area contributed by atoms with Crippen molar-refractivity contribution in [3.63, 3.8) is 0 Å². The maximum Gasteiger partial charge on any atom is 0.308 e. The number of fused-ring (bicyclic) bond motifs is 1. The predicted molar refractivity (Wildman–Crippen MR) is 152 cm³/mol. The Balaban J connectivity index is 0.00000420. The Kier molecular flexibility index (Phi) is 9.96. The van der Waals surface area contributed by atoms with Gasteiger partial charge < -0.3 is 19.5 Å². The number of allylic oxidation sites excluding steroid dienone is 2. The molecule has 1 N–H and O–H groups in total. The molecule has 0 fully saturated rings. The first kappa shape index (κ1) is 30.0. The molecule has 39 heavy (non-hydrogen) atoms. The zero-order chi connectivity index (χ0) is 27.3. The van der Waals surface area contributed by atoms with Gasteiger partial charge >= 0.3 is 5.97 Å². The van der Waals surface area contributed by atoms with E-state index in [1.807, 2.05) is 36.4 Å². The van der Waals surface area contributed by atoms with Gasteiger partial charge in [-0.05, 0) is 86.0 Å². The van der Waals surface area contributed by atoms with Gasteiger partial charge in [-0.3, -0.25) is 4.79 Å². The SMILES string of the molecule is CCN1/C(=C\C=N\N=C(O)c2ccc(OC(C)=O)cc2)C(C)(Cc2ccccc2Cl)c2cc(OC)ccc21.[Co]. The molecule has 1 aliphatic rings. The number of halogens is 1. The second-order valence-electron chi connectivity index (χ2n) is 9.09. The molecule has 1 radical (unpaired) electrons. The standard InChI is InChI=1S/C30H30ClN3O4.Co/c1-5-34-27-15-14-24(37-4)18-25(27)30(3,19-22-8-6-7-9-26(22)31)28(34)16-17-32-33-29(36)21-10-12-23(13-11-21)38-20(2)35;/h6-18H,5,19H2,1-4H3,(H,33,36);/b28-16-,32-17+;. The van der Waals surface area contributed by atoms with Gasteiger partial charge in [0.1, 0.15) is 11.5 Å². The fourth-order valence-corrected chi connectivity index (χ4v) is 5.00. The number of rotatable bonds is 8. The van der Waals surface area contributed by atoms with Gasteiger partial charge in [-0.1, -0.05) is 29.8 Å². The van der Waals surface area contributed by atoms with Crippen LogP contribution in [0.25, 0.3) is 0 Å². The van der Waals surface area contributed by atoms with Crippen LogP contribution in [0.15, 0.2) is 88.7 Å². The molecule has 0 aliphatic carbocycles. The molecule has 1 unspecified atom stereocenters. The second kappa shape index (κ2) is 13.0. The molecule has 1 aliphatic heterocycles. The van der Waals surface area contributed by atoms with Crippen molar-refractivity contribution < 1.29 is 36.2 Å². The van der Waals surface area contributed by atoms with E-state index in [2.05, 4.69) is 41.1 Å². The molecule has 0 saturated carbocycles. The third kappa shape index (κ3) is 6.53. The van der Waals surface area contributed by atoms with E-state index in [-0.39, 0.29) is 22.7 Å². The molecule has 1 atom stereocenters. The van der Waals surface area contributed by atoms with Crippen molar-refractivity contribution >= 4 is 35.4 Å². The normalized spacial score (nSPS) is 17.7. The smallest absolute Gasteiger partial charge is 0.308 e. The van der Waals surface area contributed by atoms with Crippen LogP contribution >= 0.6 is 11.6 Å². The zero-order valence-electron chi connectivity index (χ0n) is 22.1. The summed E-state index contributed by atoms with van der Waals surface area (Å²) in [6, 6.07) is 20.3. The van der Waals surface area contributed by atoms with Crippen molar-refractivity contribution in [2.24, 2.45) is 10.2 Å². The summed E-state index contributed by atoms with van der Waals surface area (Å²) in [5.41, 5.74) is 4.34. The van der Waals surface area contributed by atoms with Crippen LogP contribution in [0, 0.1) is 0 Å². The number of ether oxygens (including phenoxy) is 2. The monoisotopic (exact) mass is 590 g/mol. The number of anilines is 1. The van der Waals surface area contributed by atoms with Crippen molar-refractivity contribution in [1.82, 2.24) is 0 Å². The molecule has 7 nitrogen and oxygen atoms in total. The van der Waals surface area contributed by atoms with Gasteiger partial charge in [-0.15, -0.1) is 5.10 Å². The number of hydrogen-bond donors (Lipinski definition) is 1. The van der Waals surface area contributed by atoms with Crippen LogP contribution in [0.4, 0.5) is 5.69 Å². The van der Waals surface area contributed by atoms with E-state index in [1.54, 1.807) is 37.6 Å². The molecule has 0 bridgehead atoms. The average molecular weight is 591 g/mol. The fraction of sp³-hybridized carbons (Fsp3) is 0.233. The minimum atomic E-state index is -0.421. The Morgan fingerprint density at radius 2 is 1.79 bits per heavy atom.